The normalized spacial score (nSPS) is 15.6. The van der Waals surface area contributed by atoms with Crippen LogP contribution in [0.2, 0.25) is 5.15 Å². The second-order valence-electron chi connectivity index (χ2n) is 6.87. The third-order valence-electron chi connectivity index (χ3n) is 4.67. The maximum Gasteiger partial charge on any atom is 0.348 e. The molecule has 3 rings (SSSR count). The Morgan fingerprint density at radius 3 is 2.68 bits per heavy atom. The summed E-state index contributed by atoms with van der Waals surface area (Å²) in [6, 6.07) is 3.69. The number of nitrogens with one attached hydrogen (secondary N) is 1. The number of hydrogen-bond acceptors (Lipinski definition) is 10. The van der Waals surface area contributed by atoms with E-state index in [0.29, 0.717) is 4.88 Å². The Hall–Kier alpha value is -2.96. The SMILES string of the molecule is COC(=O)c1ccc(CN2CCC(N=C(N)NC(=O)c3nc(Cl)c(N)nc3N)CC2)s1. The molecule has 0 spiro atoms. The molecule has 7 N–H and O–H groups in total. The zero-order chi connectivity index (χ0) is 22.5. The largest absolute Gasteiger partial charge is 0.465 e. The number of nitrogens with two attached hydrogens (primary N) is 3. The third-order valence-corrected chi connectivity index (χ3v) is 6.00. The molecule has 1 aliphatic rings. The first-order valence-corrected chi connectivity index (χ1v) is 10.6. The van der Waals surface area contributed by atoms with Crippen molar-refractivity contribution in [2.45, 2.75) is 25.4 Å². The minimum absolute atomic E-state index is 0.0241. The molecule has 13 heteroatoms. The molecule has 1 aliphatic heterocycles. The van der Waals surface area contributed by atoms with Crippen molar-refractivity contribution in [2.24, 2.45) is 10.7 Å². The van der Waals surface area contributed by atoms with Gasteiger partial charge in [0.25, 0.3) is 5.91 Å². The van der Waals surface area contributed by atoms with Gasteiger partial charge in [-0.15, -0.1) is 11.3 Å². The summed E-state index contributed by atoms with van der Waals surface area (Å²) in [6.45, 7) is 2.37. The Kier molecular flexibility index (Phi) is 7.25. The highest BCUT2D eigenvalue weighted by Gasteiger charge is 2.21. The van der Waals surface area contributed by atoms with Crippen LogP contribution in [0.1, 0.15) is 37.9 Å². The Morgan fingerprint density at radius 1 is 1.29 bits per heavy atom. The van der Waals surface area contributed by atoms with E-state index in [1.54, 1.807) is 6.07 Å². The first kappa shape index (κ1) is 22.7. The molecule has 0 saturated carbocycles. The topological polar surface area (TPSA) is 175 Å². The molecule has 0 radical (unpaired) electrons. The van der Waals surface area contributed by atoms with Gasteiger partial charge < -0.3 is 21.9 Å². The van der Waals surface area contributed by atoms with Crippen LogP contribution in [0.15, 0.2) is 17.1 Å². The molecule has 0 aromatic carbocycles. The molecule has 1 saturated heterocycles. The van der Waals surface area contributed by atoms with Crippen molar-refractivity contribution in [3.8, 4) is 0 Å². The average molecular weight is 467 g/mol. The van der Waals surface area contributed by atoms with E-state index in [1.807, 2.05) is 6.07 Å². The van der Waals surface area contributed by atoms with Crippen LogP contribution < -0.4 is 22.5 Å². The highest BCUT2D eigenvalue weighted by molar-refractivity contribution is 7.13. The van der Waals surface area contributed by atoms with E-state index < -0.39 is 5.91 Å². The Bertz CT molecular complexity index is 1000. The number of piperidine rings is 1. The molecular formula is C18H23ClN8O3S. The third kappa shape index (κ3) is 5.81. The summed E-state index contributed by atoms with van der Waals surface area (Å²) in [6.07, 6.45) is 1.56. The second kappa shape index (κ2) is 9.90. The molecule has 0 bridgehead atoms. The summed E-state index contributed by atoms with van der Waals surface area (Å²) in [5, 5.41) is 2.33. The van der Waals surface area contributed by atoms with Gasteiger partial charge in [0.15, 0.2) is 28.4 Å². The minimum atomic E-state index is -0.662. The lowest BCUT2D eigenvalue weighted by Crippen LogP contribution is -2.40. The lowest BCUT2D eigenvalue weighted by Gasteiger charge is -2.29. The Balaban J connectivity index is 1.51. The predicted octanol–water partition coefficient (Wildman–Crippen LogP) is 0.852. The number of amides is 1. The monoisotopic (exact) mass is 466 g/mol. The number of nitrogens with zero attached hydrogens (tertiary/aromatic N) is 4. The number of thiophene rings is 1. The summed E-state index contributed by atoms with van der Waals surface area (Å²) < 4.78 is 4.74. The van der Waals surface area contributed by atoms with Gasteiger partial charge in [0.1, 0.15) is 4.88 Å². The van der Waals surface area contributed by atoms with Crippen molar-refractivity contribution in [2.75, 3.05) is 31.7 Å². The van der Waals surface area contributed by atoms with E-state index in [2.05, 4.69) is 25.2 Å². The van der Waals surface area contributed by atoms with Gasteiger partial charge in [-0.1, -0.05) is 11.6 Å². The zero-order valence-corrected chi connectivity index (χ0v) is 18.4. The molecule has 1 amide bonds. The molecule has 0 aliphatic carbocycles. The van der Waals surface area contributed by atoms with E-state index in [0.717, 1.165) is 37.4 Å². The van der Waals surface area contributed by atoms with Crippen molar-refractivity contribution in [1.82, 2.24) is 20.2 Å². The van der Waals surface area contributed by atoms with E-state index in [1.165, 1.54) is 18.4 Å². The molecule has 1 fully saturated rings. The predicted molar refractivity (Wildman–Crippen MR) is 119 cm³/mol. The Labute approximate surface area is 187 Å². The van der Waals surface area contributed by atoms with Crippen molar-refractivity contribution in [1.29, 1.82) is 0 Å². The van der Waals surface area contributed by atoms with E-state index >= 15 is 0 Å². The summed E-state index contributed by atoms with van der Waals surface area (Å²) >= 11 is 7.22. The molecule has 2 aromatic heterocycles. The van der Waals surface area contributed by atoms with Crippen molar-refractivity contribution < 1.29 is 14.3 Å². The van der Waals surface area contributed by atoms with Gasteiger partial charge in [0.05, 0.1) is 13.2 Å². The van der Waals surface area contributed by atoms with Crippen LogP contribution >= 0.6 is 22.9 Å². The van der Waals surface area contributed by atoms with E-state index in [9.17, 15) is 9.59 Å². The van der Waals surface area contributed by atoms with Crippen molar-refractivity contribution in [3.05, 3.63) is 32.7 Å². The number of halogens is 1. The number of esters is 1. The summed E-state index contributed by atoms with van der Waals surface area (Å²) in [5.41, 5.74) is 16.9. The fraction of sp³-hybridized carbons (Fsp3) is 0.389. The maximum atomic E-state index is 12.3. The first-order chi connectivity index (χ1) is 14.8. The highest BCUT2D eigenvalue weighted by atomic mass is 35.5. The number of methoxy groups -OCH3 is 1. The van der Waals surface area contributed by atoms with Gasteiger partial charge in [0, 0.05) is 24.5 Å². The number of nitrogen functional groups attached to an aromatic ring is 2. The summed E-state index contributed by atoms with van der Waals surface area (Å²) in [7, 11) is 1.37. The standard InChI is InChI=1S/C18H23ClN8O3S/c1-30-17(29)11-3-2-10(31-11)8-27-6-4-9(5-7-27)23-18(22)26-16(28)12-14(20)25-15(21)13(19)24-12/h2-3,9H,4-8H2,1H3,(H4,20,21,25)(H3,22,23,26,28). The number of guanidine groups is 1. The molecule has 31 heavy (non-hydrogen) atoms. The molecule has 0 atom stereocenters. The van der Waals surface area contributed by atoms with Crippen LogP contribution in [0.3, 0.4) is 0 Å². The Morgan fingerprint density at radius 2 is 2.00 bits per heavy atom. The average Bonchev–Trinajstić information content (AvgIpc) is 3.20. The number of anilines is 2. The smallest absolute Gasteiger partial charge is 0.348 e. The minimum Gasteiger partial charge on any atom is -0.465 e. The number of hydrogen-bond donors (Lipinski definition) is 4. The lowest BCUT2D eigenvalue weighted by molar-refractivity contribution is 0.0606. The van der Waals surface area contributed by atoms with Gasteiger partial charge in [-0.2, -0.15) is 0 Å². The van der Waals surface area contributed by atoms with Crippen molar-refractivity contribution >= 4 is 52.4 Å². The number of rotatable bonds is 5. The number of aliphatic imine (C=N–C) groups is 1. The van der Waals surface area contributed by atoms with Gasteiger partial charge in [0.2, 0.25) is 0 Å². The highest BCUT2D eigenvalue weighted by Crippen LogP contribution is 2.22. The van der Waals surface area contributed by atoms with Gasteiger partial charge in [-0.3, -0.25) is 15.0 Å². The van der Waals surface area contributed by atoms with Gasteiger partial charge in [-0.25, -0.2) is 19.8 Å². The quantitative estimate of drug-likeness (QED) is 0.282. The van der Waals surface area contributed by atoms with Crippen LogP contribution in [-0.2, 0) is 11.3 Å². The van der Waals surface area contributed by atoms with E-state index in [-0.39, 0.29) is 40.5 Å². The van der Waals surface area contributed by atoms with Crippen LogP contribution in [0, 0.1) is 0 Å². The fourth-order valence-electron chi connectivity index (χ4n) is 3.11. The number of aromatic nitrogens is 2. The first-order valence-electron chi connectivity index (χ1n) is 9.39. The van der Waals surface area contributed by atoms with Crippen LogP contribution in [0.5, 0.6) is 0 Å². The molecule has 11 nitrogen and oxygen atoms in total. The molecule has 3 heterocycles. The summed E-state index contributed by atoms with van der Waals surface area (Å²) in [4.78, 5) is 39.8. The van der Waals surface area contributed by atoms with Gasteiger partial charge >= 0.3 is 5.97 Å². The summed E-state index contributed by atoms with van der Waals surface area (Å²) in [5.74, 6) is -1.23. The molecule has 0 unspecified atom stereocenters. The van der Waals surface area contributed by atoms with Crippen molar-refractivity contribution in [3.63, 3.8) is 0 Å². The van der Waals surface area contributed by atoms with Gasteiger partial charge in [-0.05, 0) is 25.0 Å². The lowest BCUT2D eigenvalue weighted by atomic mass is 10.1. The van der Waals surface area contributed by atoms with Crippen LogP contribution in [0.4, 0.5) is 11.6 Å². The number of carbonyl (C=O) groups is 2. The molecular weight excluding hydrogens is 444 g/mol. The number of carbonyl (C=O) groups excluding carboxylic acids is 2. The zero-order valence-electron chi connectivity index (χ0n) is 16.8. The van der Waals surface area contributed by atoms with Crippen LogP contribution in [0.25, 0.3) is 0 Å². The molecule has 2 aromatic rings. The number of likely N-dealkylation sites (tertiary alicyclic amines) is 1. The molecule has 166 valence electrons. The van der Waals surface area contributed by atoms with E-state index in [4.69, 9.17) is 33.5 Å². The maximum absolute atomic E-state index is 12.3. The second-order valence-corrected chi connectivity index (χ2v) is 8.39. The fourth-order valence-corrected chi connectivity index (χ4v) is 4.21. The number of ether oxygens (including phenoxy) is 1. The van der Waals surface area contributed by atoms with Crippen LogP contribution in [-0.4, -0.2) is 58.9 Å².